The molecule has 0 bridgehead atoms. The van der Waals surface area contributed by atoms with Gasteiger partial charge in [0.2, 0.25) is 5.91 Å². The molecule has 0 unspecified atom stereocenters. The van der Waals surface area contributed by atoms with Crippen LogP contribution in [0, 0.1) is 11.8 Å². The smallest absolute Gasteiger partial charge is 0.304 e. The second kappa shape index (κ2) is 6.67. The van der Waals surface area contributed by atoms with Gasteiger partial charge in [0.1, 0.15) is 28.9 Å². The van der Waals surface area contributed by atoms with Crippen molar-refractivity contribution in [2.45, 2.75) is 18.8 Å². The molecule has 2 aliphatic rings. The highest BCUT2D eigenvalue weighted by molar-refractivity contribution is 9.10. The van der Waals surface area contributed by atoms with E-state index in [1.807, 2.05) is 22.9 Å². The van der Waals surface area contributed by atoms with Crippen LogP contribution in [0.2, 0.25) is 0 Å². The number of likely N-dealkylation sites (N-methyl/N-ethyl adjacent to an activating group) is 1. The summed E-state index contributed by atoms with van der Waals surface area (Å²) in [4.78, 5) is 39.9. The number of amides is 3. The zero-order valence-electron chi connectivity index (χ0n) is 15.5. The van der Waals surface area contributed by atoms with Crippen LogP contribution in [0.3, 0.4) is 0 Å². The van der Waals surface area contributed by atoms with Gasteiger partial charge in [-0.25, -0.2) is 19.7 Å². The minimum absolute atomic E-state index is 0.0158. The molecule has 5 rings (SSSR count). The second-order valence-corrected chi connectivity index (χ2v) is 7.90. The van der Waals surface area contributed by atoms with Crippen LogP contribution in [0.15, 0.2) is 35.5 Å². The summed E-state index contributed by atoms with van der Waals surface area (Å²) in [6.45, 7) is 0.0158. The Kier molecular flexibility index (Phi) is 4.10. The lowest BCUT2D eigenvalue weighted by molar-refractivity contribution is -0.123. The van der Waals surface area contributed by atoms with Crippen molar-refractivity contribution in [2.75, 3.05) is 18.5 Å². The molecule has 144 valence electrons. The number of urea groups is 1. The van der Waals surface area contributed by atoms with Crippen LogP contribution >= 0.6 is 15.9 Å². The Bertz CT molecular complexity index is 1240. The molecule has 1 aliphatic heterocycles. The van der Waals surface area contributed by atoms with E-state index in [1.54, 1.807) is 6.07 Å². The van der Waals surface area contributed by atoms with Crippen molar-refractivity contribution in [1.82, 2.24) is 24.3 Å². The molecule has 8 nitrogen and oxygen atoms in total. The van der Waals surface area contributed by atoms with Crippen LogP contribution in [0.4, 0.5) is 10.5 Å². The Balaban J connectivity index is 1.60. The van der Waals surface area contributed by atoms with Gasteiger partial charge in [-0.15, -0.1) is 0 Å². The summed E-state index contributed by atoms with van der Waals surface area (Å²) in [5.74, 6) is 6.24. The zero-order chi connectivity index (χ0) is 20.1. The number of carbonyl (C=O) groups is 2. The van der Waals surface area contributed by atoms with Crippen molar-refractivity contribution >= 4 is 39.2 Å². The normalized spacial score (nSPS) is 16.5. The summed E-state index contributed by atoms with van der Waals surface area (Å²) in [5.41, 5.74) is 3.50. The summed E-state index contributed by atoms with van der Waals surface area (Å²) in [6, 6.07) is 3.36. The average Bonchev–Trinajstić information content (AvgIpc) is 3.42. The van der Waals surface area contributed by atoms with Crippen molar-refractivity contribution in [3.8, 4) is 11.8 Å². The predicted molar refractivity (Wildman–Crippen MR) is 108 cm³/mol. The number of imidazole rings is 1. The lowest BCUT2D eigenvalue weighted by Crippen LogP contribution is -2.30. The summed E-state index contributed by atoms with van der Waals surface area (Å²) < 4.78 is 2.54. The van der Waals surface area contributed by atoms with Crippen LogP contribution in [-0.2, 0) is 4.79 Å². The standard InChI is InChI=1S/C20H15BrN6O2/c1-25-18(28)10-27(20(25)29)16-6-13(12-2-3-12)8-26-9-15(24-19(16)26)5-4-14-7-17(21)23-11-22-14/h6-9,11-12H,2-3,10H2,1H3. The van der Waals surface area contributed by atoms with Crippen LogP contribution in [0.25, 0.3) is 5.65 Å². The van der Waals surface area contributed by atoms with E-state index in [4.69, 9.17) is 0 Å². The third kappa shape index (κ3) is 3.25. The molecular formula is C20H15BrN6O2. The lowest BCUT2D eigenvalue weighted by atomic mass is 10.1. The Morgan fingerprint density at radius 1 is 1.10 bits per heavy atom. The fourth-order valence-corrected chi connectivity index (χ4v) is 3.62. The first-order chi connectivity index (χ1) is 14.0. The molecule has 0 aromatic carbocycles. The van der Waals surface area contributed by atoms with Gasteiger partial charge in [-0.2, -0.15) is 0 Å². The molecule has 3 amide bonds. The molecule has 1 aliphatic carbocycles. The highest BCUT2D eigenvalue weighted by atomic mass is 79.9. The van der Waals surface area contributed by atoms with Gasteiger partial charge in [-0.3, -0.25) is 14.6 Å². The first-order valence-corrected chi connectivity index (χ1v) is 9.89. The minimum Gasteiger partial charge on any atom is -0.304 e. The van der Waals surface area contributed by atoms with E-state index < -0.39 is 0 Å². The van der Waals surface area contributed by atoms with E-state index in [0.29, 0.717) is 33.2 Å². The summed E-state index contributed by atoms with van der Waals surface area (Å²) in [6.07, 6.45) is 7.55. The van der Waals surface area contributed by atoms with E-state index in [9.17, 15) is 9.59 Å². The van der Waals surface area contributed by atoms with E-state index in [-0.39, 0.29) is 18.5 Å². The first kappa shape index (κ1) is 17.8. The Labute approximate surface area is 174 Å². The molecule has 0 N–H and O–H groups in total. The van der Waals surface area contributed by atoms with E-state index >= 15 is 0 Å². The number of hydrogen-bond donors (Lipinski definition) is 0. The van der Waals surface area contributed by atoms with E-state index in [2.05, 4.69) is 42.7 Å². The number of anilines is 1. The predicted octanol–water partition coefficient (Wildman–Crippen LogP) is 2.56. The number of pyridine rings is 1. The second-order valence-electron chi connectivity index (χ2n) is 7.09. The van der Waals surface area contributed by atoms with Crippen LogP contribution < -0.4 is 4.90 Å². The zero-order valence-corrected chi connectivity index (χ0v) is 17.0. The Morgan fingerprint density at radius 3 is 2.59 bits per heavy atom. The summed E-state index contributed by atoms with van der Waals surface area (Å²) >= 11 is 3.30. The quantitative estimate of drug-likeness (QED) is 0.340. The number of hydrogen-bond acceptors (Lipinski definition) is 5. The molecule has 1 saturated heterocycles. The van der Waals surface area contributed by atoms with Gasteiger partial charge >= 0.3 is 6.03 Å². The molecule has 0 radical (unpaired) electrons. The molecule has 4 heterocycles. The number of aromatic nitrogens is 4. The number of nitrogens with zero attached hydrogens (tertiary/aromatic N) is 6. The third-order valence-electron chi connectivity index (χ3n) is 5.03. The number of carbonyl (C=O) groups excluding carboxylic acids is 2. The highest BCUT2D eigenvalue weighted by Gasteiger charge is 2.36. The maximum atomic E-state index is 12.6. The minimum atomic E-state index is -0.341. The number of rotatable bonds is 2. The van der Waals surface area contributed by atoms with Crippen LogP contribution in [0.5, 0.6) is 0 Å². The molecule has 0 atom stereocenters. The third-order valence-corrected chi connectivity index (χ3v) is 5.46. The van der Waals surface area contributed by atoms with Crippen molar-refractivity contribution in [1.29, 1.82) is 0 Å². The van der Waals surface area contributed by atoms with E-state index in [1.165, 1.54) is 18.3 Å². The largest absolute Gasteiger partial charge is 0.331 e. The van der Waals surface area contributed by atoms with Gasteiger partial charge in [-0.1, -0.05) is 0 Å². The molecule has 9 heteroatoms. The maximum Gasteiger partial charge on any atom is 0.331 e. The van der Waals surface area contributed by atoms with Gasteiger partial charge in [0, 0.05) is 25.5 Å². The summed E-state index contributed by atoms with van der Waals surface area (Å²) in [5, 5.41) is 0. The fraction of sp³-hybridized carbons (Fsp3) is 0.250. The first-order valence-electron chi connectivity index (χ1n) is 9.10. The highest BCUT2D eigenvalue weighted by Crippen LogP contribution is 2.42. The van der Waals surface area contributed by atoms with Gasteiger partial charge in [0.25, 0.3) is 0 Å². The monoisotopic (exact) mass is 450 g/mol. The van der Waals surface area contributed by atoms with Gasteiger partial charge < -0.3 is 4.40 Å². The van der Waals surface area contributed by atoms with E-state index in [0.717, 1.165) is 23.3 Å². The molecule has 29 heavy (non-hydrogen) atoms. The Hall–Kier alpha value is -3.25. The van der Waals surface area contributed by atoms with Gasteiger partial charge in [0.05, 0.1) is 5.69 Å². The van der Waals surface area contributed by atoms with Gasteiger partial charge in [-0.05, 0) is 58.2 Å². The average molecular weight is 451 g/mol. The molecular weight excluding hydrogens is 436 g/mol. The molecule has 3 aromatic heterocycles. The fourth-order valence-electron chi connectivity index (χ4n) is 3.32. The van der Waals surface area contributed by atoms with Crippen molar-refractivity contribution in [2.24, 2.45) is 0 Å². The maximum absolute atomic E-state index is 12.6. The number of halogens is 1. The number of imide groups is 1. The summed E-state index contributed by atoms with van der Waals surface area (Å²) in [7, 11) is 1.49. The molecule has 0 spiro atoms. The molecule has 1 saturated carbocycles. The molecule has 3 aromatic rings. The number of fused-ring (bicyclic) bond motifs is 1. The SMILES string of the molecule is CN1C(=O)CN(c2cc(C3CC3)cn3cc(C#Cc4cc(Br)ncn4)nc23)C1=O. The van der Waals surface area contributed by atoms with Crippen molar-refractivity contribution < 1.29 is 9.59 Å². The Morgan fingerprint density at radius 2 is 1.90 bits per heavy atom. The van der Waals surface area contributed by atoms with Crippen molar-refractivity contribution in [3.05, 3.63) is 52.4 Å². The lowest BCUT2D eigenvalue weighted by Gasteiger charge is -2.17. The van der Waals surface area contributed by atoms with Crippen LogP contribution in [-0.4, -0.2) is 49.8 Å². The topological polar surface area (TPSA) is 83.7 Å². The molecule has 2 fully saturated rings. The van der Waals surface area contributed by atoms with Gasteiger partial charge in [0.15, 0.2) is 5.65 Å². The van der Waals surface area contributed by atoms with Crippen LogP contribution in [0.1, 0.15) is 35.7 Å². The van der Waals surface area contributed by atoms with Crippen molar-refractivity contribution in [3.63, 3.8) is 0 Å².